The van der Waals surface area contributed by atoms with Crippen LogP contribution in [0.4, 0.5) is 0 Å². The van der Waals surface area contributed by atoms with E-state index in [-0.39, 0.29) is 5.91 Å². The summed E-state index contributed by atoms with van der Waals surface area (Å²) in [5.41, 5.74) is 6.72. The number of para-hydroxylation sites is 1. The molecule has 0 radical (unpaired) electrons. The zero-order chi connectivity index (χ0) is 14.8. The third-order valence-electron chi connectivity index (χ3n) is 3.91. The van der Waals surface area contributed by atoms with Gasteiger partial charge in [0.1, 0.15) is 0 Å². The maximum Gasteiger partial charge on any atom is 0.233 e. The van der Waals surface area contributed by atoms with Crippen molar-refractivity contribution in [2.24, 2.45) is 11.7 Å². The minimum Gasteiger partial charge on any atom is -0.339 e. The largest absolute Gasteiger partial charge is 0.339 e. The number of nitrogens with two attached hydrogens (primary N) is 1. The number of fused-ring (bicyclic) bond motifs is 1. The van der Waals surface area contributed by atoms with E-state index in [1.807, 2.05) is 23.1 Å². The first-order valence-corrected chi connectivity index (χ1v) is 8.95. The molecule has 3 rings (SSSR count). The number of thioether (sulfide) groups is 1. The number of benzene rings is 1. The molecule has 2 aromatic rings. The summed E-state index contributed by atoms with van der Waals surface area (Å²) in [4.78, 5) is 18.9. The van der Waals surface area contributed by atoms with E-state index in [1.54, 1.807) is 11.3 Å². The monoisotopic (exact) mass is 321 g/mol. The van der Waals surface area contributed by atoms with E-state index in [2.05, 4.69) is 18.0 Å². The third kappa shape index (κ3) is 3.22. The Balaban J connectivity index is 1.60. The predicted molar refractivity (Wildman–Crippen MR) is 88.7 cm³/mol. The summed E-state index contributed by atoms with van der Waals surface area (Å²) in [6.45, 7) is 3.58. The molecule has 1 amide bonds. The summed E-state index contributed by atoms with van der Waals surface area (Å²) in [6, 6.07) is 8.38. The summed E-state index contributed by atoms with van der Waals surface area (Å²) in [7, 11) is 0. The maximum atomic E-state index is 12.3. The lowest BCUT2D eigenvalue weighted by atomic mass is 10.1. The van der Waals surface area contributed by atoms with Gasteiger partial charge in [-0.3, -0.25) is 4.79 Å². The van der Waals surface area contributed by atoms with Crippen LogP contribution in [-0.2, 0) is 4.79 Å². The predicted octanol–water partition coefficient (Wildman–Crippen LogP) is 2.58. The fourth-order valence-electron chi connectivity index (χ4n) is 2.78. The van der Waals surface area contributed by atoms with E-state index in [4.69, 9.17) is 5.73 Å². The molecule has 112 valence electrons. The Morgan fingerprint density at radius 1 is 1.52 bits per heavy atom. The Bertz CT molecular complexity index is 610. The highest BCUT2D eigenvalue weighted by Gasteiger charge is 2.31. The SMILES string of the molecule is CC1CC(CN)CN1C(=O)CSc1nc2ccccc2s1. The van der Waals surface area contributed by atoms with Crippen LogP contribution >= 0.6 is 23.1 Å². The number of hydrogen-bond donors (Lipinski definition) is 1. The molecule has 2 atom stereocenters. The van der Waals surface area contributed by atoms with Crippen LogP contribution in [-0.4, -0.2) is 40.7 Å². The van der Waals surface area contributed by atoms with Gasteiger partial charge in [0.05, 0.1) is 16.0 Å². The van der Waals surface area contributed by atoms with Gasteiger partial charge in [-0.05, 0) is 37.9 Å². The molecular weight excluding hydrogens is 302 g/mol. The highest BCUT2D eigenvalue weighted by atomic mass is 32.2. The lowest BCUT2D eigenvalue weighted by Crippen LogP contribution is -2.35. The first-order valence-electron chi connectivity index (χ1n) is 7.15. The quantitative estimate of drug-likeness (QED) is 0.879. The number of amides is 1. The molecule has 0 aliphatic carbocycles. The Morgan fingerprint density at radius 2 is 2.33 bits per heavy atom. The molecular formula is C15H19N3OS2. The van der Waals surface area contributed by atoms with Crippen molar-refractivity contribution in [3.8, 4) is 0 Å². The number of hydrogen-bond acceptors (Lipinski definition) is 5. The van der Waals surface area contributed by atoms with Crippen molar-refractivity contribution >= 4 is 39.2 Å². The van der Waals surface area contributed by atoms with Gasteiger partial charge in [0, 0.05) is 12.6 Å². The van der Waals surface area contributed by atoms with Crippen molar-refractivity contribution in [1.82, 2.24) is 9.88 Å². The van der Waals surface area contributed by atoms with Crippen molar-refractivity contribution in [3.63, 3.8) is 0 Å². The molecule has 1 aromatic carbocycles. The number of carbonyl (C=O) groups is 1. The van der Waals surface area contributed by atoms with Crippen molar-refractivity contribution in [1.29, 1.82) is 0 Å². The fourth-order valence-corrected chi connectivity index (χ4v) is 4.73. The number of thiazole rings is 1. The lowest BCUT2D eigenvalue weighted by molar-refractivity contribution is -0.128. The molecule has 21 heavy (non-hydrogen) atoms. The normalized spacial score (nSPS) is 22.1. The van der Waals surface area contributed by atoms with Crippen LogP contribution in [0.15, 0.2) is 28.6 Å². The van der Waals surface area contributed by atoms with E-state index in [0.29, 0.717) is 24.3 Å². The highest BCUT2D eigenvalue weighted by molar-refractivity contribution is 8.01. The Morgan fingerprint density at radius 3 is 3.05 bits per heavy atom. The maximum absolute atomic E-state index is 12.3. The van der Waals surface area contributed by atoms with Crippen LogP contribution in [0.3, 0.4) is 0 Å². The van der Waals surface area contributed by atoms with Crippen molar-refractivity contribution < 1.29 is 4.79 Å². The minimum atomic E-state index is 0.197. The van der Waals surface area contributed by atoms with Crippen LogP contribution in [0.25, 0.3) is 10.2 Å². The average molecular weight is 321 g/mol. The third-order valence-corrected chi connectivity index (χ3v) is 6.07. The zero-order valence-corrected chi connectivity index (χ0v) is 13.6. The first kappa shape index (κ1) is 14.8. The van der Waals surface area contributed by atoms with Crippen LogP contribution in [0.1, 0.15) is 13.3 Å². The average Bonchev–Trinajstić information content (AvgIpc) is 3.07. The fraction of sp³-hybridized carbons (Fsp3) is 0.467. The minimum absolute atomic E-state index is 0.197. The molecule has 2 heterocycles. The number of aromatic nitrogens is 1. The topological polar surface area (TPSA) is 59.2 Å². The molecule has 4 nitrogen and oxygen atoms in total. The lowest BCUT2D eigenvalue weighted by Gasteiger charge is -2.21. The molecule has 1 aliphatic heterocycles. The van der Waals surface area contributed by atoms with Crippen LogP contribution in [0.5, 0.6) is 0 Å². The smallest absolute Gasteiger partial charge is 0.233 e. The van der Waals surface area contributed by atoms with E-state index >= 15 is 0 Å². The van der Waals surface area contributed by atoms with E-state index in [0.717, 1.165) is 22.8 Å². The second kappa shape index (κ2) is 6.34. The van der Waals surface area contributed by atoms with Crippen LogP contribution < -0.4 is 5.73 Å². The molecule has 2 N–H and O–H groups in total. The second-order valence-corrected chi connectivity index (χ2v) is 7.72. The van der Waals surface area contributed by atoms with Gasteiger partial charge < -0.3 is 10.6 Å². The van der Waals surface area contributed by atoms with Gasteiger partial charge in [-0.2, -0.15) is 0 Å². The second-order valence-electron chi connectivity index (χ2n) is 5.47. The summed E-state index contributed by atoms with van der Waals surface area (Å²) in [5, 5.41) is 0. The molecule has 2 unspecified atom stereocenters. The number of nitrogens with zero attached hydrogens (tertiary/aromatic N) is 2. The van der Waals surface area contributed by atoms with Gasteiger partial charge in [0.2, 0.25) is 5.91 Å². The van der Waals surface area contributed by atoms with Gasteiger partial charge in [-0.15, -0.1) is 11.3 Å². The van der Waals surface area contributed by atoms with Crippen molar-refractivity contribution in [2.45, 2.75) is 23.7 Å². The summed E-state index contributed by atoms with van der Waals surface area (Å²) < 4.78 is 2.14. The van der Waals surface area contributed by atoms with Gasteiger partial charge in [-0.1, -0.05) is 23.9 Å². The van der Waals surface area contributed by atoms with Gasteiger partial charge in [-0.25, -0.2) is 4.98 Å². The Labute approximate surface area is 132 Å². The van der Waals surface area contributed by atoms with Gasteiger partial charge >= 0.3 is 0 Å². The Kier molecular flexibility index (Phi) is 4.47. The van der Waals surface area contributed by atoms with E-state index < -0.39 is 0 Å². The summed E-state index contributed by atoms with van der Waals surface area (Å²) in [5.74, 6) is 1.11. The molecule has 1 aliphatic rings. The van der Waals surface area contributed by atoms with Crippen LogP contribution in [0, 0.1) is 5.92 Å². The number of likely N-dealkylation sites (tertiary alicyclic amines) is 1. The molecule has 0 spiro atoms. The molecule has 1 aromatic heterocycles. The van der Waals surface area contributed by atoms with E-state index in [1.165, 1.54) is 16.5 Å². The van der Waals surface area contributed by atoms with Gasteiger partial charge in [0.25, 0.3) is 0 Å². The number of rotatable bonds is 4. The van der Waals surface area contributed by atoms with Gasteiger partial charge in [0.15, 0.2) is 4.34 Å². The van der Waals surface area contributed by atoms with Crippen LogP contribution in [0.2, 0.25) is 0 Å². The zero-order valence-electron chi connectivity index (χ0n) is 12.0. The molecule has 1 fully saturated rings. The number of carbonyl (C=O) groups excluding carboxylic acids is 1. The molecule has 1 saturated heterocycles. The summed E-state index contributed by atoms with van der Waals surface area (Å²) >= 11 is 3.19. The highest BCUT2D eigenvalue weighted by Crippen LogP contribution is 2.30. The molecule has 0 bridgehead atoms. The van der Waals surface area contributed by atoms with Crippen molar-refractivity contribution in [3.05, 3.63) is 24.3 Å². The van der Waals surface area contributed by atoms with E-state index in [9.17, 15) is 4.79 Å². The summed E-state index contributed by atoms with van der Waals surface area (Å²) in [6.07, 6.45) is 1.02. The molecule has 6 heteroatoms. The Hall–Kier alpha value is -1.11. The molecule has 0 saturated carbocycles. The van der Waals surface area contributed by atoms with Crippen molar-refractivity contribution in [2.75, 3.05) is 18.8 Å². The standard InChI is InChI=1S/C15H19N3OS2/c1-10-6-11(7-16)8-18(10)14(19)9-20-15-17-12-4-2-3-5-13(12)21-15/h2-5,10-11H,6-9,16H2,1H3. The first-order chi connectivity index (χ1) is 10.2.